The molecule has 3 saturated heterocycles. The average Bonchev–Trinajstić information content (AvgIpc) is 3.44. The van der Waals surface area contributed by atoms with Gasteiger partial charge in [0.1, 0.15) is 73.2 Å². The van der Waals surface area contributed by atoms with Crippen LogP contribution in [0.15, 0.2) is 72.9 Å². The minimum Gasteiger partial charge on any atom is -0.394 e. The summed E-state index contributed by atoms with van der Waals surface area (Å²) in [5.41, 5.74) is 0. The van der Waals surface area contributed by atoms with Crippen molar-refractivity contribution in [1.29, 1.82) is 0 Å². The van der Waals surface area contributed by atoms with Gasteiger partial charge in [0.25, 0.3) is 0 Å². The molecule has 444 valence electrons. The Labute approximate surface area is 458 Å². The van der Waals surface area contributed by atoms with Crippen LogP contribution >= 0.6 is 0 Å². The second-order valence-corrected chi connectivity index (χ2v) is 20.4. The molecule has 0 spiro atoms. The zero-order chi connectivity index (χ0) is 56.2. The molecule has 3 aliphatic heterocycles. The average molecular weight is 1100 g/mol. The van der Waals surface area contributed by atoms with Gasteiger partial charge >= 0.3 is 0 Å². The Bertz CT molecular complexity index is 1690. The number of amides is 1. The Balaban J connectivity index is 1.51. The summed E-state index contributed by atoms with van der Waals surface area (Å²) in [5.74, 6) is -0.300. The summed E-state index contributed by atoms with van der Waals surface area (Å²) < 4.78 is 34.2. The van der Waals surface area contributed by atoms with Crippen LogP contribution in [0.4, 0.5) is 0 Å². The van der Waals surface area contributed by atoms with Crippen molar-refractivity contribution < 1.29 is 89.4 Å². The van der Waals surface area contributed by atoms with E-state index in [4.69, 9.17) is 28.4 Å². The molecule has 17 atom stereocenters. The van der Waals surface area contributed by atoms with Gasteiger partial charge in [0.2, 0.25) is 5.91 Å². The molecule has 17 unspecified atom stereocenters. The molecule has 0 aromatic heterocycles. The zero-order valence-electron chi connectivity index (χ0n) is 45.9. The fraction of sp³-hybridized carbons (Fsp3) is 0.776. The molecule has 3 heterocycles. The summed E-state index contributed by atoms with van der Waals surface area (Å²) in [4.78, 5) is 13.3. The van der Waals surface area contributed by atoms with Gasteiger partial charge in [-0.25, -0.2) is 0 Å². The molecule has 0 bridgehead atoms. The van der Waals surface area contributed by atoms with Crippen LogP contribution < -0.4 is 5.32 Å². The predicted octanol–water partition coefficient (Wildman–Crippen LogP) is 4.26. The van der Waals surface area contributed by atoms with E-state index in [1.165, 1.54) is 38.5 Å². The van der Waals surface area contributed by atoms with Crippen molar-refractivity contribution in [3.8, 4) is 0 Å². The summed E-state index contributed by atoms with van der Waals surface area (Å²) in [6.07, 6.45) is 20.3. The van der Waals surface area contributed by atoms with Crippen LogP contribution in [0, 0.1) is 0 Å². The van der Waals surface area contributed by atoms with E-state index in [2.05, 4.69) is 79.9 Å². The summed E-state index contributed by atoms with van der Waals surface area (Å²) in [5, 5.41) is 120. The van der Waals surface area contributed by atoms with E-state index in [0.717, 1.165) is 89.9 Å². The molecule has 3 aliphatic rings. The normalized spacial score (nSPS) is 31.3. The van der Waals surface area contributed by atoms with Gasteiger partial charge in [-0.1, -0.05) is 157 Å². The summed E-state index contributed by atoms with van der Waals surface area (Å²) in [6, 6.07) is -0.985. The predicted molar refractivity (Wildman–Crippen MR) is 291 cm³/mol. The van der Waals surface area contributed by atoms with Crippen molar-refractivity contribution >= 4 is 5.91 Å². The first-order valence-electron chi connectivity index (χ1n) is 28.7. The van der Waals surface area contributed by atoms with E-state index < -0.39 is 124 Å². The molecule has 0 radical (unpaired) electrons. The fourth-order valence-electron chi connectivity index (χ4n) is 9.27. The highest BCUT2D eigenvalue weighted by molar-refractivity contribution is 5.76. The van der Waals surface area contributed by atoms with E-state index in [1.807, 2.05) is 6.08 Å². The molecular weight excluding hydrogens is 999 g/mol. The van der Waals surface area contributed by atoms with Gasteiger partial charge in [-0.3, -0.25) is 4.79 Å². The number of hydrogen-bond donors (Lipinski definition) is 12. The Morgan fingerprint density at radius 2 is 0.896 bits per heavy atom. The van der Waals surface area contributed by atoms with Crippen LogP contribution in [0.5, 0.6) is 0 Å². The molecule has 1 amide bonds. The van der Waals surface area contributed by atoms with Gasteiger partial charge in [0, 0.05) is 6.42 Å². The maximum atomic E-state index is 13.3. The van der Waals surface area contributed by atoms with Crippen LogP contribution in [0.25, 0.3) is 0 Å². The van der Waals surface area contributed by atoms with E-state index in [1.54, 1.807) is 6.08 Å². The van der Waals surface area contributed by atoms with Gasteiger partial charge in [-0.2, -0.15) is 0 Å². The van der Waals surface area contributed by atoms with Gasteiger partial charge < -0.3 is 89.9 Å². The van der Waals surface area contributed by atoms with Gasteiger partial charge in [0.05, 0.1) is 38.6 Å². The van der Waals surface area contributed by atoms with Gasteiger partial charge in [-0.15, -0.1) is 0 Å². The number of carbonyl (C=O) groups excluding carboxylic acids is 1. The van der Waals surface area contributed by atoms with Crippen LogP contribution in [0.3, 0.4) is 0 Å². The highest BCUT2D eigenvalue weighted by atomic mass is 16.8. The van der Waals surface area contributed by atoms with Crippen molar-refractivity contribution in [3.63, 3.8) is 0 Å². The lowest BCUT2D eigenvalue weighted by molar-refractivity contribution is -0.379. The highest BCUT2D eigenvalue weighted by Crippen LogP contribution is 2.33. The number of ether oxygens (including phenoxy) is 6. The fourth-order valence-corrected chi connectivity index (χ4v) is 9.27. The summed E-state index contributed by atoms with van der Waals surface area (Å²) in [7, 11) is 0. The largest absolute Gasteiger partial charge is 0.394 e. The molecule has 77 heavy (non-hydrogen) atoms. The van der Waals surface area contributed by atoms with Gasteiger partial charge in [0.15, 0.2) is 18.9 Å². The number of unbranched alkanes of at least 4 members (excludes halogenated alkanes) is 14. The molecule has 0 aromatic rings. The number of nitrogens with one attached hydrogen (secondary N) is 1. The molecular formula is C58H99NO18. The molecule has 0 aliphatic carbocycles. The molecule has 3 fully saturated rings. The number of aliphatic hydroxyl groups is 11. The maximum Gasteiger partial charge on any atom is 0.220 e. The van der Waals surface area contributed by atoms with Crippen LogP contribution in [-0.4, -0.2) is 193 Å². The number of aliphatic hydroxyl groups excluding tert-OH is 11. The highest BCUT2D eigenvalue weighted by Gasteiger charge is 2.53. The number of allylic oxidation sites excluding steroid dienone is 11. The topological polar surface area (TPSA) is 307 Å². The Morgan fingerprint density at radius 1 is 0.481 bits per heavy atom. The Kier molecular flexibility index (Phi) is 36.7. The molecule has 12 N–H and O–H groups in total. The van der Waals surface area contributed by atoms with E-state index in [-0.39, 0.29) is 18.9 Å². The van der Waals surface area contributed by atoms with Crippen molar-refractivity contribution in [2.45, 2.75) is 259 Å². The quantitative estimate of drug-likeness (QED) is 0.0301. The van der Waals surface area contributed by atoms with E-state index >= 15 is 0 Å². The monoisotopic (exact) mass is 1100 g/mol. The van der Waals surface area contributed by atoms with E-state index in [0.29, 0.717) is 6.42 Å². The van der Waals surface area contributed by atoms with Crippen molar-refractivity contribution in [2.24, 2.45) is 0 Å². The van der Waals surface area contributed by atoms with Gasteiger partial charge in [-0.05, 0) is 64.2 Å². The standard InChI is InChI=1S/C58H99NO18/c1-3-5-7-9-11-13-15-16-17-18-19-20-21-22-23-24-26-28-30-32-34-36-46(64)59-41(42(63)35-33-31-29-27-25-14-12-10-8-6-4-2)40-72-56-52(70)49(67)54(44(38-61)74-56)77-58-53(71)50(68)55(45(39-62)75-58)76-57-51(69)48(66)47(65)43(37-60)73-57/h5,7,11,13,16-17,19-20,22-23,33,35,41-45,47-58,60-63,65-71H,3-4,6,8-10,12,14-15,18,21,24-32,34,36-40H2,1-2H3,(H,59,64)/b7-5-,13-11-,17-16-,20-19-,23-22-,35-33+. The van der Waals surface area contributed by atoms with Crippen molar-refractivity contribution in [1.82, 2.24) is 5.32 Å². The summed E-state index contributed by atoms with van der Waals surface area (Å²) in [6.45, 7) is 1.54. The molecule has 19 heteroatoms. The number of rotatable bonds is 40. The molecule has 0 aromatic carbocycles. The SMILES string of the molecule is CC/C=C\C/C=C\C/C=C\C/C=C\C/C=C\CCCCCCCC(=O)NC(COC1OC(CO)C(OC2OC(CO)C(OC3OC(CO)C(O)C(O)C3O)C(O)C2O)C(O)C1O)C(O)/C=C/CCCCCCCCCCC. The minimum absolute atomic E-state index is 0.217. The Morgan fingerprint density at radius 3 is 1.40 bits per heavy atom. The third-order valence-corrected chi connectivity index (χ3v) is 14.0. The number of carbonyl (C=O) groups is 1. The van der Waals surface area contributed by atoms with Crippen molar-refractivity contribution in [2.75, 3.05) is 26.4 Å². The first kappa shape index (κ1) is 68.5. The Hall–Kier alpha value is -2.77. The third-order valence-electron chi connectivity index (χ3n) is 14.0. The minimum atomic E-state index is -1.98. The lowest BCUT2D eigenvalue weighted by Gasteiger charge is -2.48. The second kappa shape index (κ2) is 41.3. The smallest absolute Gasteiger partial charge is 0.220 e. The summed E-state index contributed by atoms with van der Waals surface area (Å²) >= 11 is 0. The first-order valence-corrected chi connectivity index (χ1v) is 28.7. The second-order valence-electron chi connectivity index (χ2n) is 20.4. The molecule has 3 rings (SSSR count). The lowest BCUT2D eigenvalue weighted by atomic mass is 9.96. The van der Waals surface area contributed by atoms with Crippen LogP contribution in [0.2, 0.25) is 0 Å². The first-order chi connectivity index (χ1) is 37.3. The van der Waals surface area contributed by atoms with Crippen LogP contribution in [0.1, 0.15) is 155 Å². The van der Waals surface area contributed by atoms with Crippen molar-refractivity contribution in [3.05, 3.63) is 72.9 Å². The van der Waals surface area contributed by atoms with Crippen LogP contribution in [-0.2, 0) is 33.2 Å². The maximum absolute atomic E-state index is 13.3. The molecule has 0 saturated carbocycles. The van der Waals surface area contributed by atoms with E-state index in [9.17, 15) is 61.0 Å². The molecule has 19 nitrogen and oxygen atoms in total. The lowest BCUT2D eigenvalue weighted by Crippen LogP contribution is -2.66. The third kappa shape index (κ3) is 25.7. The number of hydrogen-bond acceptors (Lipinski definition) is 18. The zero-order valence-corrected chi connectivity index (χ0v) is 45.9.